The smallest absolute Gasteiger partial charge is 0.251 e. The molecule has 0 saturated carbocycles. The zero-order chi connectivity index (χ0) is 12.7. The number of nitrogens with zero attached hydrogens (tertiary/aromatic N) is 1. The van der Waals surface area contributed by atoms with Crippen LogP contribution < -0.4 is 5.32 Å². The molecule has 1 fully saturated rings. The summed E-state index contributed by atoms with van der Waals surface area (Å²) in [5, 5.41) is 3.01. The number of nitrogens with one attached hydrogen (secondary N) is 1. The van der Waals surface area contributed by atoms with Crippen LogP contribution in [0, 0.1) is 0 Å². The van der Waals surface area contributed by atoms with Gasteiger partial charge in [0, 0.05) is 26.7 Å². The van der Waals surface area contributed by atoms with Crippen molar-refractivity contribution in [2.45, 2.75) is 32.0 Å². The molecule has 17 heavy (non-hydrogen) atoms. The zero-order valence-electron chi connectivity index (χ0n) is 11.1. The minimum atomic E-state index is -0.388. The molecule has 1 amide bonds. The van der Waals surface area contributed by atoms with Crippen molar-refractivity contribution in [3.8, 4) is 0 Å². The van der Waals surface area contributed by atoms with Gasteiger partial charge in [-0.2, -0.15) is 0 Å². The Morgan fingerprint density at radius 2 is 2.41 bits per heavy atom. The second-order valence-corrected chi connectivity index (χ2v) is 4.47. The summed E-state index contributed by atoms with van der Waals surface area (Å²) in [5.74, 6) is 0.0262. The SMILES string of the molecule is CNCCN(C)C(=O)C(C)OCC1CCCO1. The number of hydrogen-bond acceptors (Lipinski definition) is 4. The summed E-state index contributed by atoms with van der Waals surface area (Å²) in [4.78, 5) is 13.6. The first kappa shape index (κ1) is 14.4. The fraction of sp³-hybridized carbons (Fsp3) is 0.917. The van der Waals surface area contributed by atoms with E-state index in [0.717, 1.165) is 26.0 Å². The highest BCUT2D eigenvalue weighted by molar-refractivity contribution is 5.80. The van der Waals surface area contributed by atoms with Crippen molar-refractivity contribution in [2.24, 2.45) is 0 Å². The Kier molecular flexibility index (Phi) is 6.47. The van der Waals surface area contributed by atoms with E-state index in [2.05, 4.69) is 5.32 Å². The van der Waals surface area contributed by atoms with E-state index < -0.39 is 0 Å². The molecule has 2 atom stereocenters. The molecule has 1 saturated heterocycles. The molecule has 5 heteroatoms. The molecule has 0 aromatic rings. The Morgan fingerprint density at radius 1 is 1.65 bits per heavy atom. The van der Waals surface area contributed by atoms with Crippen molar-refractivity contribution in [3.63, 3.8) is 0 Å². The van der Waals surface area contributed by atoms with Gasteiger partial charge in [0.05, 0.1) is 12.7 Å². The summed E-state index contributed by atoms with van der Waals surface area (Å²) in [5.41, 5.74) is 0. The van der Waals surface area contributed by atoms with Crippen LogP contribution in [-0.4, -0.2) is 63.4 Å². The van der Waals surface area contributed by atoms with E-state index in [1.54, 1.807) is 18.9 Å². The van der Waals surface area contributed by atoms with Crippen molar-refractivity contribution in [1.29, 1.82) is 0 Å². The fourth-order valence-corrected chi connectivity index (χ4v) is 1.80. The lowest BCUT2D eigenvalue weighted by Gasteiger charge is -2.22. The normalized spacial score (nSPS) is 21.5. The van der Waals surface area contributed by atoms with E-state index in [4.69, 9.17) is 9.47 Å². The van der Waals surface area contributed by atoms with Crippen LogP contribution in [0.2, 0.25) is 0 Å². The van der Waals surface area contributed by atoms with E-state index in [1.807, 2.05) is 7.05 Å². The van der Waals surface area contributed by atoms with E-state index in [9.17, 15) is 4.79 Å². The lowest BCUT2D eigenvalue weighted by atomic mass is 10.2. The van der Waals surface area contributed by atoms with Gasteiger partial charge in [-0.25, -0.2) is 0 Å². The number of likely N-dealkylation sites (N-methyl/N-ethyl adjacent to an activating group) is 2. The molecule has 0 aliphatic carbocycles. The molecular weight excluding hydrogens is 220 g/mol. The molecule has 0 radical (unpaired) electrons. The van der Waals surface area contributed by atoms with Gasteiger partial charge >= 0.3 is 0 Å². The molecule has 1 heterocycles. The standard InChI is InChI=1S/C12H24N2O3/c1-10(12(15)14(3)7-6-13-2)17-9-11-5-4-8-16-11/h10-11,13H,4-9H2,1-3H3. The summed E-state index contributed by atoms with van der Waals surface area (Å²) in [6, 6.07) is 0. The first-order valence-corrected chi connectivity index (χ1v) is 6.28. The summed E-state index contributed by atoms with van der Waals surface area (Å²) in [6.45, 7) is 4.63. The number of ether oxygens (including phenoxy) is 2. The van der Waals surface area contributed by atoms with Crippen molar-refractivity contribution in [1.82, 2.24) is 10.2 Å². The molecule has 1 N–H and O–H groups in total. The van der Waals surface area contributed by atoms with Crippen molar-refractivity contribution >= 4 is 5.91 Å². The molecule has 0 spiro atoms. The van der Waals surface area contributed by atoms with Gasteiger partial charge in [-0.3, -0.25) is 4.79 Å². The fourth-order valence-electron chi connectivity index (χ4n) is 1.80. The molecule has 100 valence electrons. The highest BCUT2D eigenvalue weighted by atomic mass is 16.5. The van der Waals surface area contributed by atoms with Crippen molar-refractivity contribution < 1.29 is 14.3 Å². The third kappa shape index (κ3) is 5.02. The summed E-state index contributed by atoms with van der Waals surface area (Å²) in [6.07, 6.45) is 1.92. The second kappa shape index (κ2) is 7.63. The van der Waals surface area contributed by atoms with E-state index in [1.165, 1.54) is 0 Å². The molecule has 0 aromatic heterocycles. The lowest BCUT2D eigenvalue weighted by Crippen LogP contribution is -2.40. The Morgan fingerprint density at radius 3 is 3.00 bits per heavy atom. The lowest BCUT2D eigenvalue weighted by molar-refractivity contribution is -0.143. The summed E-state index contributed by atoms with van der Waals surface area (Å²) in [7, 11) is 3.67. The largest absolute Gasteiger partial charge is 0.376 e. The van der Waals surface area contributed by atoms with Crippen LogP contribution in [-0.2, 0) is 14.3 Å². The highest BCUT2D eigenvalue weighted by Crippen LogP contribution is 2.13. The van der Waals surface area contributed by atoms with Crippen LogP contribution in [0.1, 0.15) is 19.8 Å². The van der Waals surface area contributed by atoms with Gasteiger partial charge in [0.25, 0.3) is 5.91 Å². The van der Waals surface area contributed by atoms with E-state index in [-0.39, 0.29) is 18.1 Å². The first-order valence-electron chi connectivity index (χ1n) is 6.28. The minimum absolute atomic E-state index is 0.0262. The Bertz CT molecular complexity index is 230. The first-order chi connectivity index (χ1) is 8.15. The van der Waals surface area contributed by atoms with Crippen LogP contribution >= 0.6 is 0 Å². The summed E-state index contributed by atoms with van der Waals surface area (Å²) >= 11 is 0. The van der Waals surface area contributed by atoms with Crippen LogP contribution in [0.5, 0.6) is 0 Å². The van der Waals surface area contributed by atoms with Gasteiger partial charge in [0.2, 0.25) is 0 Å². The minimum Gasteiger partial charge on any atom is -0.376 e. The molecule has 1 aliphatic rings. The zero-order valence-corrected chi connectivity index (χ0v) is 11.1. The molecule has 0 aromatic carbocycles. The molecule has 2 unspecified atom stereocenters. The summed E-state index contributed by atoms with van der Waals surface area (Å²) < 4.78 is 11.0. The molecule has 5 nitrogen and oxygen atoms in total. The number of amides is 1. The van der Waals surface area contributed by atoms with Crippen molar-refractivity contribution in [2.75, 3.05) is 40.4 Å². The second-order valence-electron chi connectivity index (χ2n) is 4.47. The van der Waals surface area contributed by atoms with Gasteiger partial charge < -0.3 is 19.7 Å². The number of rotatable bonds is 7. The predicted octanol–water partition coefficient (Wildman–Crippen LogP) is 0.248. The van der Waals surface area contributed by atoms with Crippen LogP contribution in [0.4, 0.5) is 0 Å². The van der Waals surface area contributed by atoms with Crippen LogP contribution in [0.15, 0.2) is 0 Å². The average Bonchev–Trinajstić information content (AvgIpc) is 2.85. The quantitative estimate of drug-likeness (QED) is 0.697. The highest BCUT2D eigenvalue weighted by Gasteiger charge is 2.21. The van der Waals surface area contributed by atoms with Crippen LogP contribution in [0.25, 0.3) is 0 Å². The maximum Gasteiger partial charge on any atom is 0.251 e. The molecule has 1 aliphatic heterocycles. The van der Waals surface area contributed by atoms with Gasteiger partial charge in [-0.15, -0.1) is 0 Å². The number of carbonyl (C=O) groups is 1. The van der Waals surface area contributed by atoms with E-state index >= 15 is 0 Å². The maximum absolute atomic E-state index is 11.9. The average molecular weight is 244 g/mol. The number of hydrogen-bond donors (Lipinski definition) is 1. The topological polar surface area (TPSA) is 50.8 Å². The maximum atomic E-state index is 11.9. The Labute approximate surface area is 103 Å². The van der Waals surface area contributed by atoms with Gasteiger partial charge in [-0.1, -0.05) is 0 Å². The number of carbonyl (C=O) groups excluding carboxylic acids is 1. The van der Waals surface area contributed by atoms with Crippen LogP contribution in [0.3, 0.4) is 0 Å². The molecular formula is C12H24N2O3. The van der Waals surface area contributed by atoms with Gasteiger partial charge in [-0.05, 0) is 26.8 Å². The van der Waals surface area contributed by atoms with Crippen molar-refractivity contribution in [3.05, 3.63) is 0 Å². The van der Waals surface area contributed by atoms with Gasteiger partial charge in [0.1, 0.15) is 6.10 Å². The monoisotopic (exact) mass is 244 g/mol. The molecule has 0 bridgehead atoms. The molecule has 1 rings (SSSR count). The van der Waals surface area contributed by atoms with E-state index in [0.29, 0.717) is 13.2 Å². The Balaban J connectivity index is 2.20. The Hall–Kier alpha value is -0.650. The van der Waals surface area contributed by atoms with Gasteiger partial charge in [0.15, 0.2) is 0 Å². The predicted molar refractivity (Wildman–Crippen MR) is 66.0 cm³/mol. The third-order valence-corrected chi connectivity index (χ3v) is 2.98. The third-order valence-electron chi connectivity index (χ3n) is 2.98.